The molecule has 0 aliphatic rings. The van der Waals surface area contributed by atoms with E-state index in [2.05, 4.69) is 35.3 Å². The van der Waals surface area contributed by atoms with Gasteiger partial charge in [0.05, 0.1) is 21.1 Å². The molecule has 0 bridgehead atoms. The molecule has 0 unspecified atom stereocenters. The number of nitrogens with one attached hydrogen (secondary N) is 1. The molecule has 0 spiro atoms. The number of hydrogen-bond acceptors (Lipinski definition) is 2. The Kier molecular flexibility index (Phi) is 5.72. The van der Waals surface area contributed by atoms with Crippen LogP contribution in [0.4, 0.5) is 0 Å². The molecule has 0 saturated carbocycles. The quantitative estimate of drug-likeness (QED) is 0.579. The Balaban J connectivity index is 2.07. The van der Waals surface area contributed by atoms with Crippen molar-refractivity contribution >= 4 is 46.5 Å². The SMILES string of the molecule is CC(C)N(C)CCCCn1c(=S)[nH]c2cc(Cl)c(Cl)cc21. The lowest BCUT2D eigenvalue weighted by Crippen LogP contribution is -2.27. The summed E-state index contributed by atoms with van der Waals surface area (Å²) in [5.74, 6) is 0. The van der Waals surface area contributed by atoms with Crippen LogP contribution in [0.2, 0.25) is 10.0 Å². The van der Waals surface area contributed by atoms with Crippen LogP contribution in [0.3, 0.4) is 0 Å². The van der Waals surface area contributed by atoms with Crippen LogP contribution in [0.1, 0.15) is 26.7 Å². The molecular weight excluding hydrogens is 325 g/mol. The number of aryl methyl sites for hydroxylation is 1. The first-order chi connectivity index (χ1) is 9.90. The van der Waals surface area contributed by atoms with Crippen molar-refractivity contribution in [3.8, 4) is 0 Å². The monoisotopic (exact) mass is 345 g/mol. The number of imidazole rings is 1. The highest BCUT2D eigenvalue weighted by Gasteiger charge is 2.08. The number of benzene rings is 1. The minimum atomic E-state index is 0.547. The van der Waals surface area contributed by atoms with E-state index in [0.717, 1.165) is 41.7 Å². The van der Waals surface area contributed by atoms with Gasteiger partial charge in [0.15, 0.2) is 4.77 Å². The van der Waals surface area contributed by atoms with E-state index < -0.39 is 0 Å². The van der Waals surface area contributed by atoms with Gasteiger partial charge in [-0.3, -0.25) is 0 Å². The van der Waals surface area contributed by atoms with Crippen molar-refractivity contribution in [1.29, 1.82) is 0 Å². The van der Waals surface area contributed by atoms with Gasteiger partial charge in [0, 0.05) is 12.6 Å². The zero-order chi connectivity index (χ0) is 15.6. The molecule has 2 rings (SSSR count). The lowest BCUT2D eigenvalue weighted by molar-refractivity contribution is 0.266. The molecule has 0 radical (unpaired) electrons. The molecule has 0 aliphatic heterocycles. The third-order valence-corrected chi connectivity index (χ3v) is 4.88. The van der Waals surface area contributed by atoms with E-state index in [1.807, 2.05) is 12.1 Å². The maximum absolute atomic E-state index is 6.11. The van der Waals surface area contributed by atoms with Crippen LogP contribution in [0.15, 0.2) is 12.1 Å². The minimum absolute atomic E-state index is 0.547. The van der Waals surface area contributed by atoms with Gasteiger partial charge < -0.3 is 14.5 Å². The summed E-state index contributed by atoms with van der Waals surface area (Å²) < 4.78 is 2.82. The summed E-state index contributed by atoms with van der Waals surface area (Å²) in [6.07, 6.45) is 2.23. The van der Waals surface area contributed by atoms with Crippen molar-refractivity contribution in [2.24, 2.45) is 0 Å². The normalized spacial score (nSPS) is 12.0. The molecule has 6 heteroatoms. The largest absolute Gasteiger partial charge is 0.331 e. The van der Waals surface area contributed by atoms with E-state index in [0.29, 0.717) is 16.1 Å². The van der Waals surface area contributed by atoms with Gasteiger partial charge in [-0.15, -0.1) is 0 Å². The Morgan fingerprint density at radius 2 is 1.90 bits per heavy atom. The molecule has 0 atom stereocenters. The number of H-pyrrole nitrogens is 1. The van der Waals surface area contributed by atoms with Crippen LogP contribution in [-0.4, -0.2) is 34.1 Å². The van der Waals surface area contributed by atoms with Gasteiger partial charge in [0.25, 0.3) is 0 Å². The van der Waals surface area contributed by atoms with Crippen molar-refractivity contribution < 1.29 is 0 Å². The second kappa shape index (κ2) is 7.14. The predicted molar refractivity (Wildman–Crippen MR) is 94.1 cm³/mol. The minimum Gasteiger partial charge on any atom is -0.331 e. The van der Waals surface area contributed by atoms with Gasteiger partial charge in [-0.25, -0.2) is 0 Å². The Morgan fingerprint density at radius 1 is 1.24 bits per heavy atom. The van der Waals surface area contributed by atoms with Gasteiger partial charge in [0.1, 0.15) is 0 Å². The number of aromatic amines is 1. The second-order valence-electron chi connectivity index (χ2n) is 5.65. The van der Waals surface area contributed by atoms with Crippen molar-refractivity contribution in [2.45, 2.75) is 39.3 Å². The van der Waals surface area contributed by atoms with Crippen molar-refractivity contribution in [2.75, 3.05) is 13.6 Å². The van der Waals surface area contributed by atoms with Crippen LogP contribution in [0.5, 0.6) is 0 Å². The van der Waals surface area contributed by atoms with E-state index in [9.17, 15) is 0 Å². The molecular formula is C15H21Cl2N3S. The number of rotatable bonds is 6. The van der Waals surface area contributed by atoms with Crippen molar-refractivity contribution in [3.63, 3.8) is 0 Å². The van der Waals surface area contributed by atoms with Gasteiger partial charge in [0.2, 0.25) is 0 Å². The van der Waals surface area contributed by atoms with Crippen molar-refractivity contribution in [3.05, 3.63) is 26.9 Å². The van der Waals surface area contributed by atoms with Crippen LogP contribution < -0.4 is 0 Å². The molecule has 0 saturated heterocycles. The molecule has 0 fully saturated rings. The number of fused-ring (bicyclic) bond motifs is 1. The molecule has 1 aromatic heterocycles. The molecule has 0 aliphatic carbocycles. The molecule has 116 valence electrons. The highest BCUT2D eigenvalue weighted by Crippen LogP contribution is 2.27. The molecule has 1 aromatic carbocycles. The van der Waals surface area contributed by atoms with E-state index in [1.165, 1.54) is 0 Å². The lowest BCUT2D eigenvalue weighted by Gasteiger charge is -2.20. The third-order valence-electron chi connectivity index (χ3n) is 3.84. The molecule has 1 N–H and O–H groups in total. The Morgan fingerprint density at radius 3 is 2.57 bits per heavy atom. The molecule has 3 nitrogen and oxygen atoms in total. The third kappa shape index (κ3) is 4.01. The van der Waals surface area contributed by atoms with Crippen LogP contribution >= 0.6 is 35.4 Å². The summed E-state index contributed by atoms with van der Waals surface area (Å²) in [5, 5.41) is 1.11. The zero-order valence-corrected chi connectivity index (χ0v) is 14.9. The zero-order valence-electron chi connectivity index (χ0n) is 12.6. The standard InChI is InChI=1S/C15H21Cl2N3S/c1-10(2)19(3)6-4-5-7-20-14-9-12(17)11(16)8-13(14)18-15(20)21/h8-10H,4-7H2,1-3H3,(H,18,21). The number of halogens is 2. The predicted octanol–water partition coefficient (Wildman–Crippen LogP) is 5.13. The second-order valence-corrected chi connectivity index (χ2v) is 6.85. The summed E-state index contributed by atoms with van der Waals surface area (Å²) in [6.45, 7) is 6.41. The Hall–Kier alpha value is -0.550. The van der Waals surface area contributed by atoms with E-state index in [-0.39, 0.29) is 0 Å². The molecule has 0 amide bonds. The summed E-state index contributed by atoms with van der Waals surface area (Å²) >= 11 is 17.5. The first kappa shape index (κ1) is 16.8. The van der Waals surface area contributed by atoms with E-state index in [4.69, 9.17) is 35.4 Å². The number of unbranched alkanes of at least 4 members (excludes halogenated alkanes) is 1. The lowest BCUT2D eigenvalue weighted by atomic mass is 10.2. The smallest absolute Gasteiger partial charge is 0.178 e. The van der Waals surface area contributed by atoms with Gasteiger partial charge >= 0.3 is 0 Å². The summed E-state index contributed by atoms with van der Waals surface area (Å²) in [4.78, 5) is 5.54. The topological polar surface area (TPSA) is 24.0 Å². The first-order valence-corrected chi connectivity index (χ1v) is 8.34. The van der Waals surface area contributed by atoms with Gasteiger partial charge in [-0.1, -0.05) is 23.2 Å². The highest BCUT2D eigenvalue weighted by atomic mass is 35.5. The number of aromatic nitrogens is 2. The fourth-order valence-corrected chi connectivity index (χ4v) is 2.88. The average molecular weight is 346 g/mol. The Bertz CT molecular complexity index is 675. The van der Waals surface area contributed by atoms with E-state index in [1.54, 1.807) is 0 Å². The fraction of sp³-hybridized carbons (Fsp3) is 0.533. The maximum Gasteiger partial charge on any atom is 0.178 e. The summed E-state index contributed by atoms with van der Waals surface area (Å²) in [6, 6.07) is 4.30. The van der Waals surface area contributed by atoms with Crippen LogP contribution in [-0.2, 0) is 6.54 Å². The first-order valence-electron chi connectivity index (χ1n) is 7.18. The number of hydrogen-bond donors (Lipinski definition) is 1. The fourth-order valence-electron chi connectivity index (χ4n) is 2.26. The highest BCUT2D eigenvalue weighted by molar-refractivity contribution is 7.71. The van der Waals surface area contributed by atoms with Crippen LogP contribution in [0, 0.1) is 4.77 Å². The molecule has 21 heavy (non-hydrogen) atoms. The number of nitrogens with zero attached hydrogens (tertiary/aromatic N) is 2. The molecule has 1 heterocycles. The summed E-state index contributed by atoms with van der Waals surface area (Å²) in [5.41, 5.74) is 1.96. The van der Waals surface area contributed by atoms with Crippen molar-refractivity contribution in [1.82, 2.24) is 14.5 Å². The summed E-state index contributed by atoms with van der Waals surface area (Å²) in [7, 11) is 2.16. The molecule has 2 aromatic rings. The Labute approximate surface area is 140 Å². The van der Waals surface area contributed by atoms with E-state index >= 15 is 0 Å². The average Bonchev–Trinajstić information content (AvgIpc) is 2.70. The maximum atomic E-state index is 6.11. The van der Waals surface area contributed by atoms with Gasteiger partial charge in [-0.2, -0.15) is 0 Å². The van der Waals surface area contributed by atoms with Gasteiger partial charge in [-0.05, 0) is 64.6 Å². The van der Waals surface area contributed by atoms with Crippen LogP contribution in [0.25, 0.3) is 11.0 Å².